The third kappa shape index (κ3) is 3.35. The van der Waals surface area contributed by atoms with E-state index in [1.165, 1.54) is 6.07 Å². The Morgan fingerprint density at radius 3 is 2.31 bits per heavy atom. The lowest BCUT2D eigenvalue weighted by Crippen LogP contribution is -2.08. The summed E-state index contributed by atoms with van der Waals surface area (Å²) in [5.74, 6) is 1.04. The number of fused-ring (bicyclic) bond motifs is 4. The van der Waals surface area contributed by atoms with Crippen LogP contribution in [0.2, 0.25) is 0 Å². The summed E-state index contributed by atoms with van der Waals surface area (Å²) in [4.78, 5) is 9.38. The summed E-state index contributed by atoms with van der Waals surface area (Å²) in [6.45, 7) is 3.78. The maximum absolute atomic E-state index is 8.26. The lowest BCUT2D eigenvalue weighted by atomic mass is 9.92. The van der Waals surface area contributed by atoms with Gasteiger partial charge in [0.15, 0.2) is 0 Å². The van der Waals surface area contributed by atoms with Gasteiger partial charge in [-0.25, -0.2) is 9.97 Å². The summed E-state index contributed by atoms with van der Waals surface area (Å²) in [5.41, 5.74) is 6.02. The molecule has 3 heterocycles. The van der Waals surface area contributed by atoms with E-state index in [2.05, 4.69) is 55.4 Å². The van der Waals surface area contributed by atoms with Gasteiger partial charge in [-0.1, -0.05) is 64.1 Å². The van der Waals surface area contributed by atoms with Gasteiger partial charge in [0.1, 0.15) is 11.4 Å². The molecule has 6 aromatic rings. The standard InChI is InChI=1S/C32H31N3O/c1-18(2)22-10-9-11-23(19(3)4)29(22)35-27-13-8-7-12-26(27)34-31(35)25-16-14-20(5)28-24-17-15-21(6)33-32(24)36-30(25)28/h7-19H,1-6H3/i5D3,6D3. The van der Waals surface area contributed by atoms with Gasteiger partial charge in [-0.3, -0.25) is 4.57 Å². The summed E-state index contributed by atoms with van der Waals surface area (Å²) in [5, 5.41) is 0.825. The Morgan fingerprint density at radius 2 is 1.58 bits per heavy atom. The second kappa shape index (κ2) is 8.34. The largest absolute Gasteiger partial charge is 0.437 e. The molecule has 36 heavy (non-hydrogen) atoms. The van der Waals surface area contributed by atoms with Crippen molar-refractivity contribution in [3.8, 4) is 17.1 Å². The highest BCUT2D eigenvalue weighted by Gasteiger charge is 2.24. The summed E-state index contributed by atoms with van der Waals surface area (Å²) in [6, 6.07) is 20.6. The Kier molecular flexibility index (Phi) is 3.87. The van der Waals surface area contributed by atoms with Gasteiger partial charge in [0.2, 0.25) is 5.71 Å². The molecule has 180 valence electrons. The molecule has 0 fully saturated rings. The molecule has 0 aliphatic rings. The quantitative estimate of drug-likeness (QED) is 0.254. The Balaban J connectivity index is 1.77. The first-order chi connectivity index (χ1) is 19.8. The topological polar surface area (TPSA) is 43.9 Å². The Hall–Kier alpha value is -3.92. The fraction of sp³-hybridized carbons (Fsp3) is 0.250. The Labute approximate surface area is 220 Å². The fourth-order valence-electron chi connectivity index (χ4n) is 5.14. The lowest BCUT2D eigenvalue weighted by Gasteiger charge is -2.22. The van der Waals surface area contributed by atoms with Gasteiger partial charge in [0.05, 0.1) is 22.3 Å². The molecule has 0 unspecified atom stereocenters. The highest BCUT2D eigenvalue weighted by Crippen LogP contribution is 2.41. The number of nitrogens with zero attached hydrogens (tertiary/aromatic N) is 3. The average Bonchev–Trinajstić information content (AvgIpc) is 3.49. The highest BCUT2D eigenvalue weighted by atomic mass is 16.3. The molecule has 4 nitrogen and oxygen atoms in total. The van der Waals surface area contributed by atoms with Crippen LogP contribution in [0.3, 0.4) is 0 Å². The number of hydrogen-bond acceptors (Lipinski definition) is 3. The van der Waals surface area contributed by atoms with E-state index in [-0.39, 0.29) is 28.8 Å². The highest BCUT2D eigenvalue weighted by molar-refractivity contribution is 6.10. The minimum absolute atomic E-state index is 0.0738. The molecule has 0 N–H and O–H groups in total. The van der Waals surface area contributed by atoms with Crippen LogP contribution in [0.25, 0.3) is 50.2 Å². The molecule has 0 aliphatic heterocycles. The van der Waals surface area contributed by atoms with Crippen LogP contribution in [0.4, 0.5) is 0 Å². The van der Waals surface area contributed by atoms with Crippen molar-refractivity contribution in [3.05, 3.63) is 89.1 Å². The molecular weight excluding hydrogens is 442 g/mol. The van der Waals surface area contributed by atoms with Gasteiger partial charge in [-0.05, 0) is 72.6 Å². The van der Waals surface area contributed by atoms with E-state index in [0.29, 0.717) is 27.7 Å². The minimum Gasteiger partial charge on any atom is -0.437 e. The number of aryl methyl sites for hydroxylation is 2. The predicted octanol–water partition coefficient (Wildman–Crippen LogP) is 8.85. The minimum atomic E-state index is -2.44. The number of benzene rings is 3. The molecule has 0 spiro atoms. The van der Waals surface area contributed by atoms with E-state index in [1.54, 1.807) is 18.2 Å². The van der Waals surface area contributed by atoms with Crippen LogP contribution in [0.15, 0.2) is 71.1 Å². The summed E-state index contributed by atoms with van der Waals surface area (Å²) in [6.07, 6.45) is 0. The van der Waals surface area contributed by atoms with Crippen LogP contribution in [0.5, 0.6) is 0 Å². The number of pyridine rings is 1. The molecule has 0 atom stereocenters. The van der Waals surface area contributed by atoms with Gasteiger partial charge in [-0.2, -0.15) is 0 Å². The van der Waals surface area contributed by atoms with Crippen molar-refractivity contribution in [3.63, 3.8) is 0 Å². The van der Waals surface area contributed by atoms with Gasteiger partial charge in [0.25, 0.3) is 0 Å². The number of imidazole rings is 1. The normalized spacial score (nSPS) is 15.3. The van der Waals surface area contributed by atoms with Crippen molar-refractivity contribution in [1.82, 2.24) is 14.5 Å². The molecule has 0 saturated carbocycles. The molecule has 0 bridgehead atoms. The number of para-hydroxylation sites is 3. The van der Waals surface area contributed by atoms with Crippen molar-refractivity contribution < 1.29 is 12.6 Å². The van der Waals surface area contributed by atoms with Crippen molar-refractivity contribution in [2.24, 2.45) is 0 Å². The molecule has 6 rings (SSSR count). The zero-order valence-electron chi connectivity index (χ0n) is 26.8. The van der Waals surface area contributed by atoms with E-state index in [1.807, 2.05) is 24.3 Å². The molecule has 0 radical (unpaired) electrons. The molecule has 0 aliphatic carbocycles. The van der Waals surface area contributed by atoms with Crippen LogP contribution in [0.1, 0.15) is 70.1 Å². The van der Waals surface area contributed by atoms with Crippen molar-refractivity contribution in [2.45, 2.75) is 53.2 Å². The van der Waals surface area contributed by atoms with Gasteiger partial charge >= 0.3 is 0 Å². The van der Waals surface area contributed by atoms with E-state index in [9.17, 15) is 0 Å². The Morgan fingerprint density at radius 1 is 0.806 bits per heavy atom. The van der Waals surface area contributed by atoms with Crippen LogP contribution >= 0.6 is 0 Å². The second-order valence-electron chi connectivity index (χ2n) is 9.87. The maximum Gasteiger partial charge on any atom is 0.227 e. The predicted molar refractivity (Wildman–Crippen MR) is 149 cm³/mol. The first kappa shape index (κ1) is 16.7. The number of hydrogen-bond donors (Lipinski definition) is 0. The third-order valence-electron chi connectivity index (χ3n) is 6.85. The van der Waals surface area contributed by atoms with Crippen LogP contribution < -0.4 is 0 Å². The lowest BCUT2D eigenvalue weighted by molar-refractivity contribution is 0.653. The fourth-order valence-corrected chi connectivity index (χ4v) is 5.14. The number of aromatic nitrogens is 3. The van der Waals surface area contributed by atoms with Crippen LogP contribution in [-0.4, -0.2) is 14.5 Å². The monoisotopic (exact) mass is 479 g/mol. The number of rotatable bonds is 4. The smallest absolute Gasteiger partial charge is 0.227 e. The van der Waals surface area contributed by atoms with Crippen LogP contribution in [-0.2, 0) is 0 Å². The van der Waals surface area contributed by atoms with E-state index in [4.69, 9.17) is 17.6 Å². The van der Waals surface area contributed by atoms with E-state index < -0.39 is 13.7 Å². The zero-order valence-corrected chi connectivity index (χ0v) is 20.8. The SMILES string of the molecule is [2H]C([2H])([2H])c1ccc2c(n1)oc1c(-c3nc4ccccc4n3-c3c(C(C)C)cccc3C(C)C)ccc(C([2H])([2H])[2H])c12. The maximum atomic E-state index is 8.26. The van der Waals surface area contributed by atoms with Crippen molar-refractivity contribution in [2.75, 3.05) is 0 Å². The molecule has 4 heteroatoms. The van der Waals surface area contributed by atoms with Gasteiger partial charge in [0, 0.05) is 24.7 Å². The van der Waals surface area contributed by atoms with E-state index >= 15 is 0 Å². The summed E-state index contributed by atoms with van der Waals surface area (Å²) < 4.78 is 56.7. The third-order valence-corrected chi connectivity index (χ3v) is 6.85. The van der Waals surface area contributed by atoms with Crippen LogP contribution in [0, 0.1) is 13.7 Å². The second-order valence-corrected chi connectivity index (χ2v) is 9.87. The summed E-state index contributed by atoms with van der Waals surface area (Å²) >= 11 is 0. The average molecular weight is 480 g/mol. The van der Waals surface area contributed by atoms with Gasteiger partial charge < -0.3 is 4.42 Å². The van der Waals surface area contributed by atoms with Crippen molar-refractivity contribution >= 4 is 33.1 Å². The van der Waals surface area contributed by atoms with Crippen molar-refractivity contribution in [1.29, 1.82) is 0 Å². The molecular formula is C32H31N3O. The summed E-state index contributed by atoms with van der Waals surface area (Å²) in [7, 11) is 0. The molecule has 0 saturated heterocycles. The van der Waals surface area contributed by atoms with E-state index in [0.717, 1.165) is 27.8 Å². The Bertz CT molecular complexity index is 1950. The molecule has 3 aromatic heterocycles. The van der Waals surface area contributed by atoms with Gasteiger partial charge in [-0.15, -0.1) is 0 Å². The molecule has 0 amide bonds. The first-order valence-electron chi connectivity index (χ1n) is 15.3. The first-order valence-corrected chi connectivity index (χ1v) is 12.3. The molecule has 3 aromatic carbocycles. The number of furan rings is 1. The zero-order chi connectivity index (χ0) is 30.1.